The highest BCUT2D eigenvalue weighted by atomic mass is 32.1. The molecule has 0 bridgehead atoms. The van der Waals surface area contributed by atoms with Gasteiger partial charge in [0.25, 0.3) is 0 Å². The molecule has 0 atom stereocenters. The topological polar surface area (TPSA) is 76.4 Å². The molecule has 1 amide bonds. The number of amides is 1. The van der Waals surface area contributed by atoms with Crippen LogP contribution >= 0.6 is 12.2 Å². The first-order valence-electron chi connectivity index (χ1n) is 7.39. The van der Waals surface area contributed by atoms with E-state index in [0.717, 1.165) is 23.2 Å². The van der Waals surface area contributed by atoms with Crippen molar-refractivity contribution in [2.45, 2.75) is 13.3 Å². The van der Waals surface area contributed by atoms with Crippen LogP contribution in [0.3, 0.4) is 0 Å². The lowest BCUT2D eigenvalue weighted by molar-refractivity contribution is 0.192. The fraction of sp³-hybridized carbons (Fsp3) is 0.111. The number of hydrogen-bond donors (Lipinski definition) is 3. The lowest BCUT2D eigenvalue weighted by Gasteiger charge is -2.08. The lowest BCUT2D eigenvalue weighted by atomic mass is 10.1. The van der Waals surface area contributed by atoms with E-state index in [0.29, 0.717) is 11.4 Å². The smallest absolute Gasteiger partial charge is 0.416 e. The third-order valence-corrected chi connectivity index (χ3v) is 3.76. The number of thiocarbonyl (C=S) groups is 1. The van der Waals surface area contributed by atoms with Crippen LogP contribution in [-0.4, -0.2) is 11.2 Å². The Morgan fingerprint density at radius 2 is 1.67 bits per heavy atom. The van der Waals surface area contributed by atoms with Gasteiger partial charge in [0.2, 0.25) is 0 Å². The zero-order valence-corrected chi connectivity index (χ0v) is 14.0. The minimum atomic E-state index is -0.541. The Morgan fingerprint density at radius 3 is 2.17 bits per heavy atom. The molecule has 4 N–H and O–H groups in total. The number of ether oxygens (including phenoxy) is 1. The summed E-state index contributed by atoms with van der Waals surface area (Å²) in [6.45, 7) is 5.17. The molecule has 0 aliphatic heterocycles. The van der Waals surface area contributed by atoms with E-state index in [1.807, 2.05) is 36.4 Å². The number of hydrogen-bond acceptors (Lipinski definition) is 3. The number of fused-ring (bicyclic) bond motifs is 3. The van der Waals surface area contributed by atoms with Crippen LogP contribution in [-0.2, 0) is 11.2 Å². The quantitative estimate of drug-likeness (QED) is 0.497. The van der Waals surface area contributed by atoms with E-state index in [1.165, 1.54) is 11.1 Å². The van der Waals surface area contributed by atoms with E-state index >= 15 is 0 Å². The maximum Gasteiger partial charge on any atom is 0.416 e. The van der Waals surface area contributed by atoms with Gasteiger partial charge in [0, 0.05) is 11.4 Å². The van der Waals surface area contributed by atoms with Gasteiger partial charge in [-0.15, -0.1) is 0 Å². The van der Waals surface area contributed by atoms with Crippen molar-refractivity contribution in [1.29, 1.82) is 0 Å². The lowest BCUT2D eigenvalue weighted by Crippen LogP contribution is -2.18. The van der Waals surface area contributed by atoms with E-state index < -0.39 is 6.09 Å². The van der Waals surface area contributed by atoms with Crippen LogP contribution in [0.15, 0.2) is 48.7 Å². The summed E-state index contributed by atoms with van der Waals surface area (Å²) in [5.74, 6) is 0.346. The van der Waals surface area contributed by atoms with Gasteiger partial charge in [-0.2, -0.15) is 0 Å². The molecule has 0 aromatic heterocycles. The van der Waals surface area contributed by atoms with Gasteiger partial charge in [-0.25, -0.2) is 4.79 Å². The first-order chi connectivity index (χ1) is 11.4. The van der Waals surface area contributed by atoms with Gasteiger partial charge >= 0.3 is 6.09 Å². The average molecular weight is 339 g/mol. The molecular weight excluding hydrogens is 322 g/mol. The SMILES string of the molecule is C=C(C)OC(=O)Nc1ccc2c(c1)Cc1cc(NC(N)=S)ccc1-2. The van der Waals surface area contributed by atoms with Gasteiger partial charge in [0.1, 0.15) is 0 Å². The molecule has 0 spiro atoms. The van der Waals surface area contributed by atoms with Crippen LogP contribution in [0.4, 0.5) is 16.2 Å². The van der Waals surface area contributed by atoms with Crippen molar-refractivity contribution in [1.82, 2.24) is 0 Å². The number of benzene rings is 2. The van der Waals surface area contributed by atoms with Gasteiger partial charge in [0.15, 0.2) is 5.11 Å². The zero-order chi connectivity index (χ0) is 17.3. The van der Waals surface area contributed by atoms with Gasteiger partial charge < -0.3 is 15.8 Å². The summed E-state index contributed by atoms with van der Waals surface area (Å²) in [4.78, 5) is 11.7. The van der Waals surface area contributed by atoms with Crippen LogP contribution in [0.1, 0.15) is 18.1 Å². The van der Waals surface area contributed by atoms with E-state index in [9.17, 15) is 4.79 Å². The van der Waals surface area contributed by atoms with Crippen LogP contribution in [0.25, 0.3) is 11.1 Å². The molecule has 24 heavy (non-hydrogen) atoms. The number of allylic oxidation sites excluding steroid dienone is 1. The van der Waals surface area contributed by atoms with E-state index in [1.54, 1.807) is 6.92 Å². The molecule has 0 fully saturated rings. The molecule has 0 unspecified atom stereocenters. The predicted octanol–water partition coefficient (Wildman–Crippen LogP) is 4.00. The Morgan fingerprint density at radius 1 is 1.12 bits per heavy atom. The van der Waals surface area contributed by atoms with Crippen molar-refractivity contribution < 1.29 is 9.53 Å². The predicted molar refractivity (Wildman–Crippen MR) is 100 cm³/mol. The Labute approximate surface area is 145 Å². The molecule has 0 heterocycles. The monoisotopic (exact) mass is 339 g/mol. The molecule has 0 saturated carbocycles. The van der Waals surface area contributed by atoms with Crippen molar-refractivity contribution >= 4 is 34.8 Å². The number of carbonyl (C=O) groups is 1. The normalized spacial score (nSPS) is 11.2. The number of anilines is 2. The van der Waals surface area contributed by atoms with E-state index in [-0.39, 0.29) is 5.11 Å². The summed E-state index contributed by atoms with van der Waals surface area (Å²) < 4.78 is 4.91. The average Bonchev–Trinajstić information content (AvgIpc) is 2.82. The summed E-state index contributed by atoms with van der Waals surface area (Å²) in [7, 11) is 0. The Bertz CT molecular complexity index is 861. The summed E-state index contributed by atoms with van der Waals surface area (Å²) in [5.41, 5.74) is 11.7. The Hall–Kier alpha value is -2.86. The van der Waals surface area contributed by atoms with Crippen LogP contribution in [0.2, 0.25) is 0 Å². The Balaban J connectivity index is 1.81. The highest BCUT2D eigenvalue weighted by molar-refractivity contribution is 7.80. The summed E-state index contributed by atoms with van der Waals surface area (Å²) >= 11 is 4.87. The molecule has 1 aliphatic rings. The zero-order valence-electron chi connectivity index (χ0n) is 13.2. The fourth-order valence-electron chi connectivity index (χ4n) is 2.81. The number of carbonyl (C=O) groups excluding carboxylic acids is 1. The Kier molecular flexibility index (Phi) is 4.22. The third-order valence-electron chi connectivity index (χ3n) is 3.66. The van der Waals surface area contributed by atoms with Crippen LogP contribution in [0, 0.1) is 0 Å². The molecule has 2 aromatic carbocycles. The summed E-state index contributed by atoms with van der Waals surface area (Å²) in [6, 6.07) is 11.8. The summed E-state index contributed by atoms with van der Waals surface area (Å²) in [5, 5.41) is 5.89. The van der Waals surface area contributed by atoms with Crippen molar-refractivity contribution in [2.24, 2.45) is 5.73 Å². The molecule has 1 aliphatic carbocycles. The highest BCUT2D eigenvalue weighted by Crippen LogP contribution is 2.39. The van der Waals surface area contributed by atoms with Crippen molar-refractivity contribution in [3.63, 3.8) is 0 Å². The van der Waals surface area contributed by atoms with Crippen molar-refractivity contribution in [3.8, 4) is 11.1 Å². The van der Waals surface area contributed by atoms with Gasteiger partial charge in [-0.1, -0.05) is 18.7 Å². The molecule has 2 aromatic rings. The minimum Gasteiger partial charge on any atom is -0.416 e. The molecule has 0 saturated heterocycles. The molecular formula is C18H17N3O2S. The van der Waals surface area contributed by atoms with Gasteiger partial charge in [0.05, 0.1) is 5.76 Å². The maximum atomic E-state index is 11.7. The second-order valence-corrected chi connectivity index (χ2v) is 6.07. The molecule has 3 rings (SSSR count). The first kappa shape index (κ1) is 16.0. The first-order valence-corrected chi connectivity index (χ1v) is 7.80. The van der Waals surface area contributed by atoms with Crippen LogP contribution in [0.5, 0.6) is 0 Å². The molecule has 122 valence electrons. The van der Waals surface area contributed by atoms with E-state index in [2.05, 4.69) is 17.2 Å². The second kappa shape index (κ2) is 6.33. The number of nitrogens with one attached hydrogen (secondary N) is 2. The second-order valence-electron chi connectivity index (χ2n) is 5.63. The standard InChI is InChI=1S/C18H17N3O2S/c1-10(2)23-18(22)21-14-4-6-16-12(9-14)7-11-8-13(20-17(19)24)3-5-15(11)16/h3-6,8-9H,1,7H2,2H3,(H,21,22)(H3,19,20,24). The van der Waals surface area contributed by atoms with E-state index in [4.69, 9.17) is 22.7 Å². The maximum absolute atomic E-state index is 11.7. The van der Waals surface area contributed by atoms with Gasteiger partial charge in [-0.05, 0) is 72.1 Å². The molecule has 5 nitrogen and oxygen atoms in total. The van der Waals surface area contributed by atoms with Crippen molar-refractivity contribution in [3.05, 3.63) is 59.9 Å². The number of nitrogens with two attached hydrogens (primary N) is 1. The van der Waals surface area contributed by atoms with Gasteiger partial charge in [-0.3, -0.25) is 5.32 Å². The fourth-order valence-corrected chi connectivity index (χ4v) is 2.93. The summed E-state index contributed by atoms with van der Waals surface area (Å²) in [6.07, 6.45) is 0.240. The molecule has 6 heteroatoms. The van der Waals surface area contributed by atoms with Crippen LogP contribution < -0.4 is 16.4 Å². The third kappa shape index (κ3) is 3.38. The van der Waals surface area contributed by atoms with Crippen molar-refractivity contribution in [2.75, 3.05) is 10.6 Å². The molecule has 0 radical (unpaired) electrons. The highest BCUT2D eigenvalue weighted by Gasteiger charge is 2.19. The minimum absolute atomic E-state index is 0.243. The number of rotatable bonds is 3. The largest absolute Gasteiger partial charge is 0.416 e.